The molecule has 0 saturated carbocycles. The first-order valence-electron chi connectivity index (χ1n) is 4.51. The zero-order chi connectivity index (χ0) is 13.2. The van der Waals surface area contributed by atoms with Crippen LogP contribution >= 0.6 is 0 Å². The Morgan fingerprint density at radius 3 is 2.35 bits per heavy atom. The minimum atomic E-state index is -4.63. The van der Waals surface area contributed by atoms with Crippen LogP contribution in [0.2, 0.25) is 0 Å². The van der Waals surface area contributed by atoms with Crippen LogP contribution in [0.1, 0.15) is 28.4 Å². The number of nitrogens with zero attached hydrogens (tertiary/aromatic N) is 1. The van der Waals surface area contributed by atoms with E-state index in [2.05, 4.69) is 4.74 Å². The van der Waals surface area contributed by atoms with Crippen LogP contribution in [-0.4, -0.2) is 12.9 Å². The van der Waals surface area contributed by atoms with E-state index in [-0.39, 0.29) is 11.1 Å². The third-order valence-electron chi connectivity index (χ3n) is 2.14. The zero-order valence-corrected chi connectivity index (χ0v) is 9.05. The van der Waals surface area contributed by atoms with Crippen LogP contribution in [0, 0.1) is 11.3 Å². The van der Waals surface area contributed by atoms with Crippen molar-refractivity contribution in [2.45, 2.75) is 13.1 Å². The van der Waals surface area contributed by atoms with Crippen molar-refractivity contribution in [1.29, 1.82) is 5.26 Å². The summed E-state index contributed by atoms with van der Waals surface area (Å²) < 4.78 is 42.4. The largest absolute Gasteiger partial charge is 0.496 e. The molecule has 1 rings (SSSR count). The lowest BCUT2D eigenvalue weighted by Crippen LogP contribution is -2.10. The van der Waals surface area contributed by atoms with Gasteiger partial charge < -0.3 is 4.74 Å². The summed E-state index contributed by atoms with van der Waals surface area (Å²) >= 11 is 0. The van der Waals surface area contributed by atoms with Crippen molar-refractivity contribution < 1.29 is 22.7 Å². The van der Waals surface area contributed by atoms with Crippen molar-refractivity contribution in [1.82, 2.24) is 0 Å². The lowest BCUT2D eigenvalue weighted by molar-refractivity contribution is -0.138. The standard InChI is InChI=1S/C11H8F3NO2/c1-6(16)8-4-10(17-2)9(11(12,13)14)3-7(8)5-15/h3-4H,1-2H3. The molecule has 1 aromatic carbocycles. The molecule has 0 aliphatic heterocycles. The molecule has 0 fully saturated rings. The van der Waals surface area contributed by atoms with Gasteiger partial charge in [-0.25, -0.2) is 0 Å². The van der Waals surface area contributed by atoms with E-state index in [9.17, 15) is 18.0 Å². The van der Waals surface area contributed by atoms with Gasteiger partial charge >= 0.3 is 6.18 Å². The maximum Gasteiger partial charge on any atom is 0.420 e. The number of rotatable bonds is 2. The fourth-order valence-electron chi connectivity index (χ4n) is 1.35. The number of halogens is 3. The van der Waals surface area contributed by atoms with E-state index in [0.717, 1.165) is 13.2 Å². The predicted octanol–water partition coefficient (Wildman–Crippen LogP) is 2.79. The minimum Gasteiger partial charge on any atom is -0.496 e. The summed E-state index contributed by atoms with van der Waals surface area (Å²) in [7, 11) is 1.07. The Morgan fingerprint density at radius 1 is 1.41 bits per heavy atom. The third-order valence-corrected chi connectivity index (χ3v) is 2.14. The molecule has 0 aromatic heterocycles. The van der Waals surface area contributed by atoms with Crippen LogP contribution in [0.3, 0.4) is 0 Å². The molecule has 3 nitrogen and oxygen atoms in total. The number of ketones is 1. The highest BCUT2D eigenvalue weighted by atomic mass is 19.4. The topological polar surface area (TPSA) is 50.1 Å². The number of Topliss-reactive ketones (excluding diaryl/α,β-unsaturated/α-hetero) is 1. The van der Waals surface area contributed by atoms with Crippen molar-refractivity contribution in [3.63, 3.8) is 0 Å². The summed E-state index contributed by atoms with van der Waals surface area (Å²) in [6.07, 6.45) is -4.63. The molecule has 6 heteroatoms. The van der Waals surface area contributed by atoms with Crippen LogP contribution in [0.25, 0.3) is 0 Å². The molecule has 0 amide bonds. The van der Waals surface area contributed by atoms with Gasteiger partial charge in [0.25, 0.3) is 0 Å². The number of ether oxygens (including phenoxy) is 1. The van der Waals surface area contributed by atoms with Gasteiger partial charge in [-0.3, -0.25) is 4.79 Å². The van der Waals surface area contributed by atoms with Gasteiger partial charge in [0.2, 0.25) is 0 Å². The number of carbonyl (C=O) groups is 1. The van der Waals surface area contributed by atoms with Gasteiger partial charge in [-0.2, -0.15) is 18.4 Å². The molecule has 0 aliphatic carbocycles. The van der Waals surface area contributed by atoms with E-state index in [1.807, 2.05) is 0 Å². The van der Waals surface area contributed by atoms with E-state index in [1.165, 1.54) is 6.92 Å². The van der Waals surface area contributed by atoms with Crippen LogP contribution in [0.4, 0.5) is 13.2 Å². The SMILES string of the molecule is COc1cc(C(C)=O)c(C#N)cc1C(F)(F)F. The van der Waals surface area contributed by atoms with E-state index < -0.39 is 23.3 Å². The maximum atomic E-state index is 12.6. The van der Waals surface area contributed by atoms with E-state index in [0.29, 0.717) is 6.07 Å². The predicted molar refractivity (Wildman–Crippen MR) is 52.7 cm³/mol. The van der Waals surface area contributed by atoms with Gasteiger partial charge in [0.05, 0.1) is 24.3 Å². The van der Waals surface area contributed by atoms with Crippen LogP contribution in [-0.2, 0) is 6.18 Å². The molecule has 0 heterocycles. The Kier molecular flexibility index (Phi) is 3.42. The fraction of sp³-hybridized carbons (Fsp3) is 0.273. The highest BCUT2D eigenvalue weighted by molar-refractivity contribution is 5.97. The number of methoxy groups -OCH3 is 1. The molecule has 0 aliphatic rings. The summed E-state index contributed by atoms with van der Waals surface area (Å²) in [6, 6.07) is 3.12. The van der Waals surface area contributed by atoms with Crippen LogP contribution in [0.5, 0.6) is 5.75 Å². The molecule has 0 radical (unpaired) electrons. The Morgan fingerprint density at radius 2 is 2.00 bits per heavy atom. The first-order valence-corrected chi connectivity index (χ1v) is 4.51. The van der Waals surface area contributed by atoms with Gasteiger partial charge in [-0.15, -0.1) is 0 Å². The fourth-order valence-corrected chi connectivity index (χ4v) is 1.35. The molecule has 90 valence electrons. The molecule has 0 atom stereocenters. The van der Waals surface area contributed by atoms with Crippen molar-refractivity contribution in [2.24, 2.45) is 0 Å². The van der Waals surface area contributed by atoms with Gasteiger partial charge in [-0.1, -0.05) is 0 Å². The quantitative estimate of drug-likeness (QED) is 0.750. The van der Waals surface area contributed by atoms with Crippen LogP contribution in [0.15, 0.2) is 12.1 Å². The lowest BCUT2D eigenvalue weighted by Gasteiger charge is -2.13. The van der Waals surface area contributed by atoms with Crippen LogP contribution < -0.4 is 4.74 Å². The van der Waals surface area contributed by atoms with Gasteiger partial charge in [-0.05, 0) is 19.1 Å². The number of carbonyl (C=O) groups excluding carboxylic acids is 1. The van der Waals surface area contributed by atoms with E-state index in [4.69, 9.17) is 5.26 Å². The van der Waals surface area contributed by atoms with Crippen molar-refractivity contribution in [3.8, 4) is 11.8 Å². The molecule has 1 aromatic rings. The molecule has 0 saturated heterocycles. The normalized spacial score (nSPS) is 10.8. The first-order chi connectivity index (χ1) is 7.81. The van der Waals surface area contributed by atoms with Crippen molar-refractivity contribution in [3.05, 3.63) is 28.8 Å². The number of benzene rings is 1. The maximum absolute atomic E-state index is 12.6. The van der Waals surface area contributed by atoms with E-state index >= 15 is 0 Å². The molecule has 17 heavy (non-hydrogen) atoms. The zero-order valence-electron chi connectivity index (χ0n) is 9.05. The summed E-state index contributed by atoms with van der Waals surface area (Å²) in [5.74, 6) is -0.963. The van der Waals surface area contributed by atoms with Gasteiger partial charge in [0, 0.05) is 5.56 Å². The lowest BCUT2D eigenvalue weighted by atomic mass is 10.0. The Hall–Kier alpha value is -2.03. The Balaban J connectivity index is 3.56. The highest BCUT2D eigenvalue weighted by Gasteiger charge is 2.35. The summed E-state index contributed by atoms with van der Waals surface area (Å²) in [5.41, 5.74) is -1.47. The molecule has 0 bridgehead atoms. The average Bonchev–Trinajstić information content (AvgIpc) is 2.25. The first kappa shape index (κ1) is 13.0. The summed E-state index contributed by atoms with van der Waals surface area (Å²) in [5, 5.41) is 8.71. The number of nitriles is 1. The molecule has 0 N–H and O–H groups in total. The number of hydrogen-bond acceptors (Lipinski definition) is 3. The number of hydrogen-bond donors (Lipinski definition) is 0. The van der Waals surface area contributed by atoms with E-state index in [1.54, 1.807) is 6.07 Å². The molecule has 0 unspecified atom stereocenters. The highest BCUT2D eigenvalue weighted by Crippen LogP contribution is 2.37. The smallest absolute Gasteiger partial charge is 0.420 e. The average molecular weight is 243 g/mol. The summed E-state index contributed by atoms with van der Waals surface area (Å²) in [6.45, 7) is 1.17. The molecule has 0 spiro atoms. The molecular weight excluding hydrogens is 235 g/mol. The number of alkyl halides is 3. The minimum absolute atomic E-state index is 0.0858. The molecular formula is C11H8F3NO2. The second-order valence-electron chi connectivity index (χ2n) is 3.26. The van der Waals surface area contributed by atoms with Gasteiger partial charge in [0.15, 0.2) is 5.78 Å². The monoisotopic (exact) mass is 243 g/mol. The third kappa shape index (κ3) is 2.56. The summed E-state index contributed by atoms with van der Waals surface area (Å²) in [4.78, 5) is 11.2. The van der Waals surface area contributed by atoms with Crippen molar-refractivity contribution >= 4 is 5.78 Å². The second kappa shape index (κ2) is 4.45. The Bertz CT molecular complexity index is 501. The second-order valence-corrected chi connectivity index (χ2v) is 3.26. The van der Waals surface area contributed by atoms with Crippen molar-refractivity contribution in [2.75, 3.05) is 7.11 Å². The Labute approximate surface area is 95.4 Å². The van der Waals surface area contributed by atoms with Gasteiger partial charge in [0.1, 0.15) is 5.75 Å².